The topological polar surface area (TPSA) is 59.0 Å². The van der Waals surface area contributed by atoms with Crippen LogP contribution >= 0.6 is 0 Å². The highest BCUT2D eigenvalue weighted by Crippen LogP contribution is 2.26. The van der Waals surface area contributed by atoms with Crippen molar-refractivity contribution in [1.82, 2.24) is 24.6 Å². The largest absolute Gasteiger partial charge is 0.381 e. The molecule has 1 aliphatic rings. The summed E-state index contributed by atoms with van der Waals surface area (Å²) in [4.78, 5) is 7.08. The number of aromatic amines is 1. The second kappa shape index (κ2) is 6.41. The summed E-state index contributed by atoms with van der Waals surface area (Å²) in [6.45, 7) is 8.76. The Hall–Kier alpha value is -1.66. The summed E-state index contributed by atoms with van der Waals surface area (Å²) in [6, 6.07) is 0.328. The predicted molar refractivity (Wildman–Crippen MR) is 79.8 cm³/mol. The third-order valence-corrected chi connectivity index (χ3v) is 4.15. The monoisotopic (exact) mass is 289 g/mol. The molecule has 0 spiro atoms. The molecule has 6 heteroatoms. The van der Waals surface area contributed by atoms with Gasteiger partial charge < -0.3 is 9.30 Å². The van der Waals surface area contributed by atoms with E-state index in [-0.39, 0.29) is 0 Å². The standard InChI is InChI=1S/C15H23N5O/c1-3-21-7-4-14-10-16-15-12(2)19(5-6-20(14)15)11-13-8-17-18-9-13/h8-10,12H,3-7,11H2,1-2H3,(H,17,18)/t12-/m0/s1. The Morgan fingerprint density at radius 2 is 2.29 bits per heavy atom. The number of hydrogen-bond acceptors (Lipinski definition) is 4. The van der Waals surface area contributed by atoms with Crippen LogP contribution in [-0.2, 0) is 24.2 Å². The van der Waals surface area contributed by atoms with Crippen LogP contribution in [0.2, 0.25) is 0 Å². The van der Waals surface area contributed by atoms with Crippen molar-refractivity contribution in [1.29, 1.82) is 0 Å². The lowest BCUT2D eigenvalue weighted by Gasteiger charge is -2.34. The van der Waals surface area contributed by atoms with Gasteiger partial charge in [-0.2, -0.15) is 5.10 Å². The highest BCUT2D eigenvalue weighted by Gasteiger charge is 2.26. The minimum Gasteiger partial charge on any atom is -0.381 e. The molecule has 1 N–H and O–H groups in total. The zero-order valence-electron chi connectivity index (χ0n) is 12.7. The Balaban J connectivity index is 1.69. The molecule has 0 saturated carbocycles. The maximum Gasteiger partial charge on any atom is 0.126 e. The Morgan fingerprint density at radius 1 is 1.38 bits per heavy atom. The number of nitrogens with zero attached hydrogens (tertiary/aromatic N) is 4. The number of hydrogen-bond donors (Lipinski definition) is 1. The molecule has 0 bridgehead atoms. The Morgan fingerprint density at radius 3 is 3.05 bits per heavy atom. The molecule has 3 heterocycles. The molecular formula is C15H23N5O. The number of ether oxygens (including phenoxy) is 1. The molecule has 2 aromatic heterocycles. The average Bonchev–Trinajstić information content (AvgIpc) is 3.12. The normalized spacial score (nSPS) is 18.9. The van der Waals surface area contributed by atoms with Gasteiger partial charge in [0.2, 0.25) is 0 Å². The molecule has 0 unspecified atom stereocenters. The summed E-state index contributed by atoms with van der Waals surface area (Å²) in [5.41, 5.74) is 2.51. The summed E-state index contributed by atoms with van der Waals surface area (Å²) in [6.07, 6.45) is 6.80. The van der Waals surface area contributed by atoms with Crippen LogP contribution in [0.3, 0.4) is 0 Å². The van der Waals surface area contributed by atoms with E-state index in [0.717, 1.165) is 45.1 Å². The molecule has 21 heavy (non-hydrogen) atoms. The van der Waals surface area contributed by atoms with Crippen LogP contribution < -0.4 is 0 Å². The van der Waals surface area contributed by atoms with E-state index < -0.39 is 0 Å². The molecule has 0 amide bonds. The van der Waals surface area contributed by atoms with Crippen LogP contribution in [0.1, 0.15) is 37.0 Å². The molecule has 0 aliphatic carbocycles. The van der Waals surface area contributed by atoms with E-state index in [9.17, 15) is 0 Å². The number of nitrogens with one attached hydrogen (secondary N) is 1. The minimum absolute atomic E-state index is 0.328. The first-order chi connectivity index (χ1) is 10.3. The van der Waals surface area contributed by atoms with Crippen molar-refractivity contribution in [2.75, 3.05) is 19.8 Å². The van der Waals surface area contributed by atoms with E-state index in [4.69, 9.17) is 4.74 Å². The van der Waals surface area contributed by atoms with Crippen LogP contribution in [0.25, 0.3) is 0 Å². The second-order valence-electron chi connectivity index (χ2n) is 5.46. The zero-order valence-corrected chi connectivity index (χ0v) is 12.7. The molecular weight excluding hydrogens is 266 g/mol. The van der Waals surface area contributed by atoms with Gasteiger partial charge in [-0.1, -0.05) is 0 Å². The molecule has 1 atom stereocenters. The smallest absolute Gasteiger partial charge is 0.126 e. The molecule has 1 aliphatic heterocycles. The van der Waals surface area contributed by atoms with Gasteiger partial charge in [-0.15, -0.1) is 0 Å². The highest BCUT2D eigenvalue weighted by molar-refractivity contribution is 5.12. The maximum absolute atomic E-state index is 5.45. The van der Waals surface area contributed by atoms with Gasteiger partial charge >= 0.3 is 0 Å². The second-order valence-corrected chi connectivity index (χ2v) is 5.46. The first-order valence-corrected chi connectivity index (χ1v) is 7.63. The van der Waals surface area contributed by atoms with Crippen molar-refractivity contribution in [3.8, 4) is 0 Å². The first kappa shape index (κ1) is 14.3. The Bertz CT molecular complexity index is 563. The third-order valence-electron chi connectivity index (χ3n) is 4.15. The lowest BCUT2D eigenvalue weighted by Crippen LogP contribution is -2.37. The van der Waals surface area contributed by atoms with Gasteiger partial charge in [0.15, 0.2) is 0 Å². The summed E-state index contributed by atoms with van der Waals surface area (Å²) in [5.74, 6) is 1.16. The van der Waals surface area contributed by atoms with Crippen LogP contribution in [0.5, 0.6) is 0 Å². The third kappa shape index (κ3) is 3.01. The fourth-order valence-corrected chi connectivity index (χ4v) is 2.94. The van der Waals surface area contributed by atoms with Crippen molar-refractivity contribution in [3.05, 3.63) is 35.7 Å². The number of imidazole rings is 1. The van der Waals surface area contributed by atoms with Crippen LogP contribution in [0.15, 0.2) is 18.6 Å². The van der Waals surface area contributed by atoms with Gasteiger partial charge in [0, 0.05) is 56.3 Å². The predicted octanol–water partition coefficient (Wildman–Crippen LogP) is 1.76. The molecule has 0 fully saturated rings. The van der Waals surface area contributed by atoms with E-state index in [1.54, 1.807) is 0 Å². The molecule has 3 rings (SSSR count). The number of aromatic nitrogens is 4. The van der Waals surface area contributed by atoms with Gasteiger partial charge in [-0.25, -0.2) is 4.98 Å². The lowest BCUT2D eigenvalue weighted by atomic mass is 10.2. The summed E-state index contributed by atoms with van der Waals surface area (Å²) < 4.78 is 7.81. The van der Waals surface area contributed by atoms with Gasteiger partial charge in [0.1, 0.15) is 5.82 Å². The van der Waals surface area contributed by atoms with E-state index >= 15 is 0 Å². The van der Waals surface area contributed by atoms with E-state index in [1.807, 2.05) is 25.5 Å². The average molecular weight is 289 g/mol. The van der Waals surface area contributed by atoms with Crippen molar-refractivity contribution in [2.24, 2.45) is 0 Å². The molecule has 114 valence electrons. The van der Waals surface area contributed by atoms with E-state index in [0.29, 0.717) is 6.04 Å². The van der Waals surface area contributed by atoms with Gasteiger partial charge in [-0.05, 0) is 13.8 Å². The Labute approximate surface area is 125 Å². The quantitative estimate of drug-likeness (QED) is 0.823. The molecule has 2 aromatic rings. The van der Waals surface area contributed by atoms with Gasteiger partial charge in [0.25, 0.3) is 0 Å². The lowest BCUT2D eigenvalue weighted by molar-refractivity contribution is 0.142. The zero-order chi connectivity index (χ0) is 14.7. The first-order valence-electron chi connectivity index (χ1n) is 7.63. The van der Waals surface area contributed by atoms with Crippen molar-refractivity contribution < 1.29 is 4.74 Å². The van der Waals surface area contributed by atoms with Crippen molar-refractivity contribution in [3.63, 3.8) is 0 Å². The molecule has 0 aromatic carbocycles. The fraction of sp³-hybridized carbons (Fsp3) is 0.600. The van der Waals surface area contributed by atoms with Crippen LogP contribution in [-0.4, -0.2) is 44.4 Å². The van der Waals surface area contributed by atoms with Crippen LogP contribution in [0, 0.1) is 0 Å². The van der Waals surface area contributed by atoms with Crippen LogP contribution in [0.4, 0.5) is 0 Å². The SMILES string of the molecule is CCOCCc1cnc2n1CCN(Cc1cn[nH]c1)[C@H]2C. The van der Waals surface area contributed by atoms with E-state index in [1.165, 1.54) is 11.3 Å². The number of H-pyrrole nitrogens is 1. The fourth-order valence-electron chi connectivity index (χ4n) is 2.94. The number of fused-ring (bicyclic) bond motifs is 1. The summed E-state index contributed by atoms with van der Waals surface area (Å²) in [5, 5.41) is 6.89. The highest BCUT2D eigenvalue weighted by atomic mass is 16.5. The van der Waals surface area contributed by atoms with E-state index in [2.05, 4.69) is 31.6 Å². The van der Waals surface area contributed by atoms with Crippen molar-refractivity contribution >= 4 is 0 Å². The summed E-state index contributed by atoms with van der Waals surface area (Å²) >= 11 is 0. The summed E-state index contributed by atoms with van der Waals surface area (Å²) in [7, 11) is 0. The molecule has 0 radical (unpaired) electrons. The minimum atomic E-state index is 0.328. The Kier molecular flexibility index (Phi) is 4.36. The van der Waals surface area contributed by atoms with Crippen molar-refractivity contribution in [2.45, 2.75) is 39.4 Å². The van der Waals surface area contributed by atoms with Gasteiger partial charge in [0.05, 0.1) is 18.8 Å². The maximum atomic E-state index is 5.45. The number of rotatable bonds is 6. The molecule has 6 nitrogen and oxygen atoms in total. The van der Waals surface area contributed by atoms with Gasteiger partial charge in [-0.3, -0.25) is 10.00 Å². The molecule has 0 saturated heterocycles.